The van der Waals surface area contributed by atoms with Crippen LogP contribution in [-0.2, 0) is 0 Å². The van der Waals surface area contributed by atoms with Crippen molar-refractivity contribution in [2.75, 3.05) is 12.8 Å². The van der Waals surface area contributed by atoms with Crippen molar-refractivity contribution in [3.63, 3.8) is 0 Å². The highest BCUT2D eigenvalue weighted by molar-refractivity contribution is 7.99. The zero-order valence-corrected chi connectivity index (χ0v) is 13.4. The van der Waals surface area contributed by atoms with E-state index in [2.05, 4.69) is 60.5 Å². The Morgan fingerprint density at radius 1 is 1.10 bits per heavy atom. The lowest BCUT2D eigenvalue weighted by atomic mass is 10.1. The molecule has 2 nitrogen and oxygen atoms in total. The highest BCUT2D eigenvalue weighted by Crippen LogP contribution is 2.24. The first-order valence-electron chi connectivity index (χ1n) is 6.90. The van der Waals surface area contributed by atoms with E-state index in [4.69, 9.17) is 0 Å². The maximum atomic E-state index is 4.59. The lowest BCUT2D eigenvalue weighted by Crippen LogP contribution is -2.18. The fraction of sp³-hybridized carbons (Fsp3) is 0.353. The van der Waals surface area contributed by atoms with Crippen LogP contribution < -0.4 is 5.32 Å². The highest BCUT2D eigenvalue weighted by Gasteiger charge is 2.10. The number of nitrogens with one attached hydrogen (secondary N) is 1. The van der Waals surface area contributed by atoms with Crippen molar-refractivity contribution in [1.29, 1.82) is 0 Å². The smallest absolute Gasteiger partial charge is 0.0966 e. The summed E-state index contributed by atoms with van der Waals surface area (Å²) in [4.78, 5) is 4.59. The van der Waals surface area contributed by atoms with E-state index in [0.717, 1.165) is 16.5 Å². The number of hydrogen-bond donors (Lipinski definition) is 1. The Morgan fingerprint density at radius 3 is 2.55 bits per heavy atom. The second-order valence-corrected chi connectivity index (χ2v) is 6.23. The van der Waals surface area contributed by atoms with Gasteiger partial charge >= 0.3 is 0 Å². The molecule has 0 aliphatic rings. The Morgan fingerprint density at radius 2 is 1.90 bits per heavy atom. The standard InChI is InChI=1S/C17H22N2S/c1-12-6-5-7-15(9-12)16(18-4)11-20-17-10-13(2)8-14(3)19-17/h5-10,16,18H,11H2,1-4H3. The Bertz CT molecular complexity index is 561. The van der Waals surface area contributed by atoms with Crippen molar-refractivity contribution in [1.82, 2.24) is 10.3 Å². The second-order valence-electron chi connectivity index (χ2n) is 5.19. The van der Waals surface area contributed by atoms with Gasteiger partial charge in [-0.05, 0) is 51.1 Å². The van der Waals surface area contributed by atoms with E-state index in [1.165, 1.54) is 16.7 Å². The van der Waals surface area contributed by atoms with Crippen LogP contribution in [0.15, 0.2) is 41.4 Å². The molecule has 20 heavy (non-hydrogen) atoms. The van der Waals surface area contributed by atoms with Crippen LogP contribution >= 0.6 is 11.8 Å². The normalized spacial score (nSPS) is 12.4. The van der Waals surface area contributed by atoms with Gasteiger partial charge in [0, 0.05) is 17.5 Å². The molecule has 0 fully saturated rings. The Labute approximate surface area is 126 Å². The molecule has 1 N–H and O–H groups in total. The van der Waals surface area contributed by atoms with Crippen molar-refractivity contribution < 1.29 is 0 Å². The Hall–Kier alpha value is -1.32. The van der Waals surface area contributed by atoms with Crippen LogP contribution in [0.25, 0.3) is 0 Å². The average molecular weight is 286 g/mol. The summed E-state index contributed by atoms with van der Waals surface area (Å²) in [6, 6.07) is 13.3. The molecule has 3 heteroatoms. The van der Waals surface area contributed by atoms with E-state index < -0.39 is 0 Å². The van der Waals surface area contributed by atoms with Crippen molar-refractivity contribution >= 4 is 11.8 Å². The molecule has 1 aromatic carbocycles. The summed E-state index contributed by atoms with van der Waals surface area (Å²) >= 11 is 1.81. The van der Waals surface area contributed by atoms with E-state index in [9.17, 15) is 0 Å². The molecule has 0 radical (unpaired) electrons. The molecule has 0 saturated heterocycles. The number of rotatable bonds is 5. The van der Waals surface area contributed by atoms with Gasteiger partial charge in [-0.1, -0.05) is 29.8 Å². The van der Waals surface area contributed by atoms with Crippen molar-refractivity contribution in [3.8, 4) is 0 Å². The maximum absolute atomic E-state index is 4.59. The molecular weight excluding hydrogens is 264 g/mol. The fourth-order valence-electron chi connectivity index (χ4n) is 2.28. The second kappa shape index (κ2) is 6.91. The van der Waals surface area contributed by atoms with Gasteiger partial charge in [0.2, 0.25) is 0 Å². The summed E-state index contributed by atoms with van der Waals surface area (Å²) < 4.78 is 0. The number of benzene rings is 1. The minimum atomic E-state index is 0.350. The van der Waals surface area contributed by atoms with Crippen molar-refractivity contribution in [2.24, 2.45) is 0 Å². The third kappa shape index (κ3) is 4.09. The molecule has 0 aliphatic heterocycles. The molecule has 106 valence electrons. The fourth-order valence-corrected chi connectivity index (χ4v) is 3.45. The molecule has 1 aromatic heterocycles. The lowest BCUT2D eigenvalue weighted by Gasteiger charge is -2.16. The van der Waals surface area contributed by atoms with E-state index in [1.54, 1.807) is 0 Å². The molecule has 0 spiro atoms. The Balaban J connectivity index is 2.07. The molecule has 0 aliphatic carbocycles. The van der Waals surface area contributed by atoms with Gasteiger partial charge < -0.3 is 5.32 Å². The average Bonchev–Trinajstić information content (AvgIpc) is 2.38. The molecule has 2 rings (SSSR count). The number of pyridine rings is 1. The SMILES string of the molecule is CNC(CSc1cc(C)cc(C)n1)c1cccc(C)c1. The van der Waals surface area contributed by atoms with Crippen molar-refractivity contribution in [3.05, 3.63) is 58.8 Å². The quantitative estimate of drug-likeness (QED) is 0.839. The topological polar surface area (TPSA) is 24.9 Å². The van der Waals surface area contributed by atoms with Gasteiger partial charge in [-0.3, -0.25) is 0 Å². The van der Waals surface area contributed by atoms with Gasteiger partial charge in [-0.25, -0.2) is 4.98 Å². The summed E-state index contributed by atoms with van der Waals surface area (Å²) in [5.74, 6) is 0.982. The van der Waals surface area contributed by atoms with Crippen LogP contribution in [0.1, 0.15) is 28.4 Å². The van der Waals surface area contributed by atoms with E-state index in [1.807, 2.05) is 25.7 Å². The summed E-state index contributed by atoms with van der Waals surface area (Å²) in [7, 11) is 2.02. The number of aromatic nitrogens is 1. The monoisotopic (exact) mass is 286 g/mol. The summed E-state index contributed by atoms with van der Waals surface area (Å²) in [6.45, 7) is 6.30. The predicted octanol–water partition coefficient (Wildman–Crippen LogP) is 4.06. The number of thioether (sulfide) groups is 1. The molecule has 2 aromatic rings. The minimum Gasteiger partial charge on any atom is -0.312 e. The van der Waals surface area contributed by atoms with Gasteiger partial charge in [-0.2, -0.15) is 0 Å². The first-order valence-corrected chi connectivity index (χ1v) is 7.89. The largest absolute Gasteiger partial charge is 0.312 e. The molecular formula is C17H22N2S. The van der Waals surface area contributed by atoms with Crippen LogP contribution in [0.3, 0.4) is 0 Å². The van der Waals surface area contributed by atoms with Crippen LogP contribution in [0.5, 0.6) is 0 Å². The number of nitrogens with zero attached hydrogens (tertiary/aromatic N) is 1. The first-order chi connectivity index (χ1) is 9.58. The molecule has 1 unspecified atom stereocenters. The lowest BCUT2D eigenvalue weighted by molar-refractivity contribution is 0.661. The van der Waals surface area contributed by atoms with Crippen LogP contribution in [-0.4, -0.2) is 17.8 Å². The third-order valence-electron chi connectivity index (χ3n) is 3.27. The van der Waals surface area contributed by atoms with Gasteiger partial charge in [-0.15, -0.1) is 11.8 Å². The Kier molecular flexibility index (Phi) is 5.21. The van der Waals surface area contributed by atoms with Crippen molar-refractivity contribution in [2.45, 2.75) is 31.8 Å². The minimum absolute atomic E-state index is 0.350. The van der Waals surface area contributed by atoms with Gasteiger partial charge in [0.1, 0.15) is 0 Å². The third-order valence-corrected chi connectivity index (χ3v) is 4.27. The number of hydrogen-bond acceptors (Lipinski definition) is 3. The van der Waals surface area contributed by atoms with Crippen LogP contribution in [0, 0.1) is 20.8 Å². The van der Waals surface area contributed by atoms with E-state index in [0.29, 0.717) is 6.04 Å². The number of aryl methyl sites for hydroxylation is 3. The molecule has 0 bridgehead atoms. The molecule has 0 amide bonds. The summed E-state index contributed by atoms with van der Waals surface area (Å²) in [6.07, 6.45) is 0. The molecule has 1 heterocycles. The zero-order valence-electron chi connectivity index (χ0n) is 12.6. The predicted molar refractivity (Wildman–Crippen MR) is 87.4 cm³/mol. The van der Waals surface area contributed by atoms with E-state index >= 15 is 0 Å². The maximum Gasteiger partial charge on any atom is 0.0966 e. The van der Waals surface area contributed by atoms with Gasteiger partial charge in [0.25, 0.3) is 0 Å². The molecule has 0 saturated carbocycles. The van der Waals surface area contributed by atoms with E-state index in [-0.39, 0.29) is 0 Å². The molecule has 1 atom stereocenters. The van der Waals surface area contributed by atoms with Crippen LogP contribution in [0.4, 0.5) is 0 Å². The van der Waals surface area contributed by atoms with Crippen LogP contribution in [0.2, 0.25) is 0 Å². The zero-order chi connectivity index (χ0) is 14.5. The first kappa shape index (κ1) is 15.1. The van der Waals surface area contributed by atoms with Gasteiger partial charge in [0.15, 0.2) is 0 Å². The highest BCUT2D eigenvalue weighted by atomic mass is 32.2. The summed E-state index contributed by atoms with van der Waals surface area (Å²) in [5.41, 5.74) is 5.00. The van der Waals surface area contributed by atoms with Gasteiger partial charge in [0.05, 0.1) is 5.03 Å². The summed E-state index contributed by atoms with van der Waals surface area (Å²) in [5, 5.41) is 4.50.